The molecular formula is C13H18BrNO2S. The molecule has 18 heavy (non-hydrogen) atoms. The lowest BCUT2D eigenvalue weighted by molar-refractivity contribution is -0.119. The van der Waals surface area contributed by atoms with Crippen molar-refractivity contribution in [1.82, 2.24) is 5.32 Å². The maximum Gasteiger partial charge on any atom is 0.230 e. The third-order valence-corrected chi connectivity index (χ3v) is 3.95. The molecule has 5 heteroatoms. The van der Waals surface area contributed by atoms with Gasteiger partial charge in [-0.1, -0.05) is 15.9 Å². The summed E-state index contributed by atoms with van der Waals surface area (Å²) in [5.74, 6) is 2.17. The number of rotatable bonds is 6. The number of thioether (sulfide) groups is 1. The van der Waals surface area contributed by atoms with Crippen molar-refractivity contribution in [2.45, 2.75) is 25.6 Å². The van der Waals surface area contributed by atoms with Gasteiger partial charge in [-0.25, -0.2) is 0 Å². The number of carbonyl (C=O) groups is 1. The number of benzene rings is 1. The number of hydrogen-bond donors (Lipinski definition) is 1. The predicted molar refractivity (Wildman–Crippen MR) is 80.1 cm³/mol. The summed E-state index contributed by atoms with van der Waals surface area (Å²) in [7, 11) is 1.65. The van der Waals surface area contributed by atoms with Crippen molar-refractivity contribution < 1.29 is 9.53 Å². The molecule has 0 unspecified atom stereocenters. The van der Waals surface area contributed by atoms with E-state index in [0.29, 0.717) is 5.75 Å². The first-order chi connectivity index (χ1) is 8.52. The molecule has 0 heterocycles. The molecule has 1 aromatic carbocycles. The van der Waals surface area contributed by atoms with Gasteiger partial charge in [-0.2, -0.15) is 0 Å². The number of nitrogens with one attached hydrogen (secondary N) is 1. The molecular weight excluding hydrogens is 314 g/mol. The highest BCUT2D eigenvalue weighted by Crippen LogP contribution is 2.26. The summed E-state index contributed by atoms with van der Waals surface area (Å²) < 4.78 is 6.22. The quantitative estimate of drug-likeness (QED) is 0.869. The zero-order valence-electron chi connectivity index (χ0n) is 10.8. The van der Waals surface area contributed by atoms with Crippen molar-refractivity contribution in [2.24, 2.45) is 0 Å². The molecule has 0 bridgehead atoms. The second-order valence-corrected chi connectivity index (χ2v) is 6.01. The van der Waals surface area contributed by atoms with Gasteiger partial charge in [0.25, 0.3) is 0 Å². The second-order valence-electron chi connectivity index (χ2n) is 4.17. The number of ether oxygens (including phenoxy) is 1. The van der Waals surface area contributed by atoms with Crippen LogP contribution in [0.15, 0.2) is 22.7 Å². The lowest BCUT2D eigenvalue weighted by Crippen LogP contribution is -2.31. The van der Waals surface area contributed by atoms with Gasteiger partial charge < -0.3 is 10.1 Å². The van der Waals surface area contributed by atoms with Gasteiger partial charge in [-0.15, -0.1) is 11.8 Å². The molecule has 1 rings (SSSR count). The third kappa shape index (κ3) is 5.31. The first-order valence-electron chi connectivity index (χ1n) is 5.72. The zero-order valence-corrected chi connectivity index (χ0v) is 13.2. The van der Waals surface area contributed by atoms with Crippen LogP contribution in [0.4, 0.5) is 0 Å². The highest BCUT2D eigenvalue weighted by Gasteiger charge is 2.06. The average Bonchev–Trinajstić information content (AvgIpc) is 2.30. The minimum absolute atomic E-state index is 0.0778. The molecule has 0 aliphatic heterocycles. The Morgan fingerprint density at radius 3 is 2.83 bits per heavy atom. The molecule has 1 amide bonds. The van der Waals surface area contributed by atoms with E-state index in [1.807, 2.05) is 32.0 Å². The summed E-state index contributed by atoms with van der Waals surface area (Å²) in [6.45, 7) is 3.92. The number of carbonyl (C=O) groups excluding carboxylic acids is 1. The summed E-state index contributed by atoms with van der Waals surface area (Å²) in [4.78, 5) is 11.5. The fraction of sp³-hybridized carbons (Fsp3) is 0.462. The number of methoxy groups -OCH3 is 1. The van der Waals surface area contributed by atoms with Crippen molar-refractivity contribution >= 4 is 33.6 Å². The molecule has 0 atom stereocenters. The molecule has 0 aliphatic rings. The predicted octanol–water partition coefficient (Wildman–Crippen LogP) is 3.22. The van der Waals surface area contributed by atoms with Crippen molar-refractivity contribution in [3.05, 3.63) is 28.2 Å². The Kier molecular flexibility index (Phi) is 6.57. The minimum atomic E-state index is 0.0778. The summed E-state index contributed by atoms with van der Waals surface area (Å²) in [6, 6.07) is 6.05. The monoisotopic (exact) mass is 331 g/mol. The fourth-order valence-electron chi connectivity index (χ4n) is 1.41. The number of hydrogen-bond acceptors (Lipinski definition) is 3. The number of halogens is 1. The van der Waals surface area contributed by atoms with Crippen LogP contribution in [-0.2, 0) is 10.5 Å². The van der Waals surface area contributed by atoms with Crippen LogP contribution in [0, 0.1) is 0 Å². The van der Waals surface area contributed by atoms with Crippen LogP contribution in [-0.4, -0.2) is 24.8 Å². The van der Waals surface area contributed by atoms with E-state index >= 15 is 0 Å². The Morgan fingerprint density at radius 2 is 2.22 bits per heavy atom. The highest BCUT2D eigenvalue weighted by atomic mass is 79.9. The maximum absolute atomic E-state index is 11.5. The SMILES string of the molecule is COc1ccc(Br)c(CSCC(=O)NC(C)C)c1. The van der Waals surface area contributed by atoms with E-state index < -0.39 is 0 Å². The largest absolute Gasteiger partial charge is 0.497 e. The van der Waals surface area contributed by atoms with Crippen LogP contribution in [0.1, 0.15) is 19.4 Å². The molecule has 0 saturated heterocycles. The van der Waals surface area contributed by atoms with Gasteiger partial charge in [0.2, 0.25) is 5.91 Å². The summed E-state index contributed by atoms with van der Waals surface area (Å²) in [5.41, 5.74) is 1.14. The molecule has 0 spiro atoms. The molecule has 3 nitrogen and oxygen atoms in total. The Bertz CT molecular complexity index is 410. The van der Waals surface area contributed by atoms with E-state index in [1.54, 1.807) is 18.9 Å². The van der Waals surface area contributed by atoms with E-state index in [-0.39, 0.29) is 11.9 Å². The Labute approximate surface area is 121 Å². The lowest BCUT2D eigenvalue weighted by Gasteiger charge is -2.09. The van der Waals surface area contributed by atoms with Gasteiger partial charge >= 0.3 is 0 Å². The van der Waals surface area contributed by atoms with Crippen molar-refractivity contribution in [3.8, 4) is 5.75 Å². The molecule has 1 N–H and O–H groups in total. The van der Waals surface area contributed by atoms with Crippen molar-refractivity contribution in [3.63, 3.8) is 0 Å². The normalized spacial score (nSPS) is 10.5. The minimum Gasteiger partial charge on any atom is -0.497 e. The maximum atomic E-state index is 11.5. The first-order valence-corrected chi connectivity index (χ1v) is 7.67. The van der Waals surface area contributed by atoms with Crippen LogP contribution < -0.4 is 10.1 Å². The Morgan fingerprint density at radius 1 is 1.50 bits per heavy atom. The van der Waals surface area contributed by atoms with Gasteiger partial charge in [0, 0.05) is 16.3 Å². The standard InChI is InChI=1S/C13H18BrNO2S/c1-9(2)15-13(16)8-18-7-10-6-11(17-3)4-5-12(10)14/h4-6,9H,7-8H2,1-3H3,(H,15,16). The van der Waals surface area contributed by atoms with Crippen molar-refractivity contribution in [1.29, 1.82) is 0 Å². The third-order valence-electron chi connectivity index (χ3n) is 2.19. The van der Waals surface area contributed by atoms with Crippen LogP contribution in [0.25, 0.3) is 0 Å². The zero-order chi connectivity index (χ0) is 13.5. The lowest BCUT2D eigenvalue weighted by atomic mass is 10.2. The van der Waals surface area contributed by atoms with Gasteiger partial charge in [0.05, 0.1) is 12.9 Å². The summed E-state index contributed by atoms with van der Waals surface area (Å²) in [5, 5.41) is 2.87. The molecule has 1 aromatic rings. The smallest absolute Gasteiger partial charge is 0.230 e. The molecule has 0 saturated carbocycles. The van der Waals surface area contributed by atoms with E-state index in [0.717, 1.165) is 21.5 Å². The van der Waals surface area contributed by atoms with Gasteiger partial charge in [0.15, 0.2) is 0 Å². The van der Waals surface area contributed by atoms with E-state index in [2.05, 4.69) is 21.2 Å². The first kappa shape index (κ1) is 15.4. The van der Waals surface area contributed by atoms with Gasteiger partial charge in [-0.3, -0.25) is 4.79 Å². The Hall–Kier alpha value is -0.680. The van der Waals surface area contributed by atoms with Crippen LogP contribution in [0.2, 0.25) is 0 Å². The van der Waals surface area contributed by atoms with E-state index in [9.17, 15) is 4.79 Å². The average molecular weight is 332 g/mol. The second kappa shape index (κ2) is 7.69. The molecule has 0 fully saturated rings. The molecule has 0 aromatic heterocycles. The van der Waals surface area contributed by atoms with Crippen LogP contribution >= 0.6 is 27.7 Å². The van der Waals surface area contributed by atoms with E-state index in [4.69, 9.17) is 4.74 Å². The fourth-order valence-corrected chi connectivity index (χ4v) is 2.81. The number of amides is 1. The molecule has 100 valence electrons. The van der Waals surface area contributed by atoms with Crippen molar-refractivity contribution in [2.75, 3.05) is 12.9 Å². The van der Waals surface area contributed by atoms with Gasteiger partial charge in [-0.05, 0) is 37.6 Å². The van der Waals surface area contributed by atoms with Crippen LogP contribution in [0.5, 0.6) is 5.75 Å². The van der Waals surface area contributed by atoms with Gasteiger partial charge in [0.1, 0.15) is 5.75 Å². The highest BCUT2D eigenvalue weighted by molar-refractivity contribution is 9.10. The molecule has 0 radical (unpaired) electrons. The van der Waals surface area contributed by atoms with Crippen LogP contribution in [0.3, 0.4) is 0 Å². The summed E-state index contributed by atoms with van der Waals surface area (Å²) >= 11 is 5.09. The topological polar surface area (TPSA) is 38.3 Å². The molecule has 0 aliphatic carbocycles. The Balaban J connectivity index is 2.46. The van der Waals surface area contributed by atoms with E-state index in [1.165, 1.54) is 0 Å². The summed E-state index contributed by atoms with van der Waals surface area (Å²) in [6.07, 6.45) is 0.